The average molecular weight is 337 g/mol. The zero-order valence-electron chi connectivity index (χ0n) is 14.4. The molecule has 0 saturated carbocycles. The normalized spacial score (nSPS) is 12.3. The molecule has 0 bridgehead atoms. The summed E-state index contributed by atoms with van der Waals surface area (Å²) >= 11 is 0. The average Bonchev–Trinajstić information content (AvgIpc) is 3.13. The summed E-state index contributed by atoms with van der Waals surface area (Å²) in [6.07, 6.45) is 3.67. The summed E-state index contributed by atoms with van der Waals surface area (Å²) in [5.74, 6) is 1.99. The highest BCUT2D eigenvalue weighted by Gasteiger charge is 2.18. The van der Waals surface area contributed by atoms with Crippen LogP contribution >= 0.6 is 0 Å². The summed E-state index contributed by atoms with van der Waals surface area (Å²) in [6.45, 7) is 4.16. The number of nitrogens with zero attached hydrogens (tertiary/aromatic N) is 4. The van der Waals surface area contributed by atoms with Gasteiger partial charge in [0.25, 0.3) is 0 Å². The number of nitriles is 1. The Hall–Kier alpha value is -2.98. The van der Waals surface area contributed by atoms with Crippen molar-refractivity contribution in [3.05, 3.63) is 36.2 Å². The lowest BCUT2D eigenvalue weighted by Gasteiger charge is -2.15. The number of rotatable bonds is 5. The number of hydrogen-bond donors (Lipinski definition) is 1. The van der Waals surface area contributed by atoms with E-state index in [1.165, 1.54) is 6.39 Å². The molecule has 0 aliphatic carbocycles. The fraction of sp³-hybridized carbons (Fsp3) is 0.333. The van der Waals surface area contributed by atoms with E-state index in [4.69, 9.17) is 14.9 Å². The van der Waals surface area contributed by atoms with Crippen LogP contribution < -0.4 is 10.5 Å². The van der Waals surface area contributed by atoms with Crippen molar-refractivity contribution >= 4 is 10.9 Å². The van der Waals surface area contributed by atoms with E-state index < -0.39 is 0 Å². The van der Waals surface area contributed by atoms with Gasteiger partial charge in [-0.05, 0) is 18.4 Å². The molecule has 0 aliphatic heterocycles. The van der Waals surface area contributed by atoms with Gasteiger partial charge in [-0.3, -0.25) is 0 Å². The van der Waals surface area contributed by atoms with E-state index in [0.717, 1.165) is 6.42 Å². The third kappa shape index (κ3) is 3.30. The van der Waals surface area contributed by atoms with Crippen molar-refractivity contribution in [2.24, 2.45) is 11.7 Å². The molecule has 3 aromatic rings. The van der Waals surface area contributed by atoms with Crippen LogP contribution in [0.4, 0.5) is 0 Å². The topological polar surface area (TPSA) is 111 Å². The molecule has 3 rings (SSSR count). The Morgan fingerprint density at radius 1 is 1.32 bits per heavy atom. The van der Waals surface area contributed by atoms with Crippen molar-refractivity contribution in [2.75, 3.05) is 7.11 Å². The first-order valence-corrected chi connectivity index (χ1v) is 7.97. The number of benzene rings is 1. The maximum atomic E-state index is 9.52. The van der Waals surface area contributed by atoms with Crippen molar-refractivity contribution < 1.29 is 9.15 Å². The molecule has 2 N–H and O–H groups in total. The second-order valence-electron chi connectivity index (χ2n) is 6.21. The summed E-state index contributed by atoms with van der Waals surface area (Å²) in [4.78, 5) is 12.8. The Bertz CT molecular complexity index is 929. The number of aromatic nitrogens is 3. The van der Waals surface area contributed by atoms with E-state index >= 15 is 0 Å². The van der Waals surface area contributed by atoms with E-state index in [9.17, 15) is 5.26 Å². The molecule has 7 nitrogen and oxygen atoms in total. The van der Waals surface area contributed by atoms with Crippen LogP contribution in [0, 0.1) is 17.2 Å². The third-order valence-electron chi connectivity index (χ3n) is 3.89. The Morgan fingerprint density at radius 2 is 2.12 bits per heavy atom. The van der Waals surface area contributed by atoms with E-state index in [-0.39, 0.29) is 11.7 Å². The molecule has 1 unspecified atom stereocenters. The Balaban J connectivity index is 2.19. The summed E-state index contributed by atoms with van der Waals surface area (Å²) in [6, 6.07) is 5.36. The zero-order chi connectivity index (χ0) is 18.0. The fourth-order valence-corrected chi connectivity index (χ4v) is 2.75. The van der Waals surface area contributed by atoms with Crippen molar-refractivity contribution in [3.63, 3.8) is 0 Å². The lowest BCUT2D eigenvalue weighted by Crippen LogP contribution is -2.17. The molecule has 0 amide bonds. The largest absolute Gasteiger partial charge is 0.496 e. The predicted molar refractivity (Wildman–Crippen MR) is 92.7 cm³/mol. The van der Waals surface area contributed by atoms with Crippen LogP contribution in [-0.4, -0.2) is 22.1 Å². The first-order valence-electron chi connectivity index (χ1n) is 7.97. The van der Waals surface area contributed by atoms with Crippen LogP contribution in [0.3, 0.4) is 0 Å². The van der Waals surface area contributed by atoms with Gasteiger partial charge < -0.3 is 14.9 Å². The molecule has 7 heteroatoms. The van der Waals surface area contributed by atoms with Gasteiger partial charge in [0.15, 0.2) is 17.8 Å². The minimum atomic E-state index is -0.323. The number of methoxy groups -OCH3 is 1. The van der Waals surface area contributed by atoms with Crippen LogP contribution in [0.25, 0.3) is 22.2 Å². The molecule has 128 valence electrons. The first-order chi connectivity index (χ1) is 12.0. The molecule has 1 aromatic carbocycles. The SMILES string of the molecule is COc1cc2nc(C(N)CC(C)C)nc(C#N)c2cc1-c1cnco1. The highest BCUT2D eigenvalue weighted by atomic mass is 16.5. The molecule has 1 atom stereocenters. The van der Waals surface area contributed by atoms with Crippen molar-refractivity contribution in [2.45, 2.75) is 26.3 Å². The molecule has 0 fully saturated rings. The van der Waals surface area contributed by atoms with Gasteiger partial charge in [-0.25, -0.2) is 15.0 Å². The maximum Gasteiger partial charge on any atom is 0.181 e. The van der Waals surface area contributed by atoms with Gasteiger partial charge >= 0.3 is 0 Å². The number of oxazole rings is 1. The van der Waals surface area contributed by atoms with Crippen LogP contribution in [0.1, 0.15) is 37.8 Å². The quantitative estimate of drug-likeness (QED) is 0.761. The smallest absolute Gasteiger partial charge is 0.181 e. The third-order valence-corrected chi connectivity index (χ3v) is 3.89. The van der Waals surface area contributed by atoms with E-state index in [1.807, 2.05) is 0 Å². The molecule has 0 spiro atoms. The summed E-state index contributed by atoms with van der Waals surface area (Å²) in [5, 5.41) is 10.1. The second-order valence-corrected chi connectivity index (χ2v) is 6.21. The zero-order valence-corrected chi connectivity index (χ0v) is 14.4. The maximum absolute atomic E-state index is 9.52. The first kappa shape index (κ1) is 16.9. The molecule has 0 radical (unpaired) electrons. The standard InChI is InChI=1S/C18H19N5O2/c1-10(2)4-13(20)18-22-14-6-16(24-3)12(17-8-21-9-25-17)5-11(14)15(7-19)23-18/h5-6,8-10,13H,4,20H2,1-3H3. The van der Waals surface area contributed by atoms with Gasteiger partial charge in [0, 0.05) is 11.5 Å². The van der Waals surface area contributed by atoms with Crippen molar-refractivity contribution in [3.8, 4) is 23.1 Å². The van der Waals surface area contributed by atoms with Crippen LogP contribution in [0.15, 0.2) is 29.1 Å². The Labute approximate surface area is 145 Å². The highest BCUT2D eigenvalue weighted by molar-refractivity contribution is 5.90. The minimum Gasteiger partial charge on any atom is -0.496 e. The molecule has 2 heterocycles. The Morgan fingerprint density at radius 3 is 2.72 bits per heavy atom. The predicted octanol–water partition coefficient (Wildman–Crippen LogP) is 3.21. The van der Waals surface area contributed by atoms with Gasteiger partial charge in [-0.1, -0.05) is 13.8 Å². The molecule has 0 aliphatic rings. The van der Waals surface area contributed by atoms with Crippen LogP contribution in [0.2, 0.25) is 0 Å². The molecule has 0 saturated heterocycles. The van der Waals surface area contributed by atoms with Crippen LogP contribution in [0.5, 0.6) is 5.75 Å². The molecular formula is C18H19N5O2. The highest BCUT2D eigenvalue weighted by Crippen LogP contribution is 2.34. The number of fused-ring (bicyclic) bond motifs is 1. The van der Waals surface area contributed by atoms with E-state index in [0.29, 0.717) is 39.7 Å². The van der Waals surface area contributed by atoms with Gasteiger partial charge in [-0.15, -0.1) is 0 Å². The Kier molecular flexibility index (Phi) is 4.63. The molecule has 2 aromatic heterocycles. The van der Waals surface area contributed by atoms with Gasteiger partial charge in [0.05, 0.1) is 30.4 Å². The molecular weight excluding hydrogens is 318 g/mol. The van der Waals surface area contributed by atoms with Gasteiger partial charge in [0.2, 0.25) is 0 Å². The van der Waals surface area contributed by atoms with Gasteiger partial charge in [-0.2, -0.15) is 5.26 Å². The summed E-state index contributed by atoms with van der Waals surface area (Å²) < 4.78 is 10.8. The number of nitrogens with two attached hydrogens (primary N) is 1. The molecule has 25 heavy (non-hydrogen) atoms. The monoisotopic (exact) mass is 337 g/mol. The van der Waals surface area contributed by atoms with E-state index in [1.54, 1.807) is 25.4 Å². The van der Waals surface area contributed by atoms with Crippen molar-refractivity contribution in [1.29, 1.82) is 5.26 Å². The van der Waals surface area contributed by atoms with Crippen molar-refractivity contribution in [1.82, 2.24) is 15.0 Å². The van der Waals surface area contributed by atoms with Gasteiger partial charge in [0.1, 0.15) is 17.6 Å². The lowest BCUT2D eigenvalue weighted by molar-refractivity contribution is 0.415. The number of hydrogen-bond acceptors (Lipinski definition) is 7. The summed E-state index contributed by atoms with van der Waals surface area (Å²) in [5.41, 5.74) is 7.78. The summed E-state index contributed by atoms with van der Waals surface area (Å²) in [7, 11) is 1.57. The minimum absolute atomic E-state index is 0.280. The number of ether oxygens (including phenoxy) is 1. The second kappa shape index (κ2) is 6.87. The van der Waals surface area contributed by atoms with Crippen LogP contribution in [-0.2, 0) is 0 Å². The van der Waals surface area contributed by atoms with E-state index in [2.05, 4.69) is 34.9 Å². The lowest BCUT2D eigenvalue weighted by atomic mass is 10.0. The fourth-order valence-electron chi connectivity index (χ4n) is 2.75.